The number of hydrogen-bond donors (Lipinski definition) is 3. The van der Waals surface area contributed by atoms with Crippen molar-refractivity contribution < 1.29 is 18.3 Å². The van der Waals surface area contributed by atoms with Gasteiger partial charge in [0.2, 0.25) is 15.9 Å². The van der Waals surface area contributed by atoms with Gasteiger partial charge in [0.15, 0.2) is 11.6 Å². The molecule has 2 aromatic rings. The molecule has 7 nitrogen and oxygen atoms in total. The third-order valence-corrected chi connectivity index (χ3v) is 4.22. The van der Waals surface area contributed by atoms with Crippen molar-refractivity contribution in [2.24, 2.45) is 0 Å². The van der Waals surface area contributed by atoms with Crippen LogP contribution in [0.25, 0.3) is 0 Å². The molecule has 0 aliphatic heterocycles. The van der Waals surface area contributed by atoms with Gasteiger partial charge in [-0.05, 0) is 31.2 Å². The third kappa shape index (κ3) is 4.03. The minimum atomic E-state index is -3.77. The molecule has 0 saturated carbocycles. The lowest BCUT2D eigenvalue weighted by Gasteiger charge is -2.08. The van der Waals surface area contributed by atoms with Crippen LogP contribution in [0, 0.1) is 6.92 Å². The van der Waals surface area contributed by atoms with E-state index >= 15 is 0 Å². The Morgan fingerprint density at radius 2 is 1.91 bits per heavy atom. The van der Waals surface area contributed by atoms with Gasteiger partial charge in [-0.1, -0.05) is 17.7 Å². The monoisotopic (exact) mass is 321 g/mol. The number of amides is 1. The molecular formula is C14H15N3O4S. The summed E-state index contributed by atoms with van der Waals surface area (Å²) in [6.07, 6.45) is 1.39. The first-order chi connectivity index (χ1) is 10.4. The maximum Gasteiger partial charge on any atom is 0.241 e. The molecule has 22 heavy (non-hydrogen) atoms. The Morgan fingerprint density at radius 1 is 1.23 bits per heavy atom. The van der Waals surface area contributed by atoms with Crippen molar-refractivity contribution in [3.63, 3.8) is 0 Å². The summed E-state index contributed by atoms with van der Waals surface area (Å²) in [4.78, 5) is 15.6. The number of pyridine rings is 1. The summed E-state index contributed by atoms with van der Waals surface area (Å²) in [6.45, 7) is 1.38. The molecule has 1 aromatic carbocycles. The summed E-state index contributed by atoms with van der Waals surface area (Å²) in [5, 5.41) is 11.8. The van der Waals surface area contributed by atoms with Gasteiger partial charge in [-0.2, -0.15) is 0 Å². The van der Waals surface area contributed by atoms with Crippen molar-refractivity contribution in [2.75, 3.05) is 11.9 Å². The van der Waals surface area contributed by atoms with Crippen LogP contribution in [0.15, 0.2) is 47.5 Å². The van der Waals surface area contributed by atoms with Gasteiger partial charge in [-0.15, -0.1) is 0 Å². The van der Waals surface area contributed by atoms with Crippen LogP contribution in [0.2, 0.25) is 0 Å². The number of carbonyl (C=O) groups excluding carboxylic acids is 1. The average molecular weight is 321 g/mol. The summed E-state index contributed by atoms with van der Waals surface area (Å²) in [5.41, 5.74) is 0.933. The van der Waals surface area contributed by atoms with Crippen molar-refractivity contribution >= 4 is 21.7 Å². The molecule has 0 atom stereocenters. The minimum absolute atomic E-state index is 0.0259. The lowest BCUT2D eigenvalue weighted by Crippen LogP contribution is -2.33. The molecule has 0 aliphatic carbocycles. The van der Waals surface area contributed by atoms with Crippen LogP contribution in [-0.2, 0) is 14.8 Å². The van der Waals surface area contributed by atoms with Crippen molar-refractivity contribution in [3.8, 4) is 5.75 Å². The number of aromatic hydroxyl groups is 1. The van der Waals surface area contributed by atoms with Crippen molar-refractivity contribution in [2.45, 2.75) is 11.8 Å². The lowest BCUT2D eigenvalue weighted by molar-refractivity contribution is -0.115. The van der Waals surface area contributed by atoms with Crippen LogP contribution in [0.1, 0.15) is 5.56 Å². The molecule has 0 aliphatic rings. The minimum Gasteiger partial charge on any atom is -0.504 e. The molecule has 1 aromatic heterocycles. The summed E-state index contributed by atoms with van der Waals surface area (Å²) in [5.74, 6) is -0.857. The molecule has 8 heteroatoms. The number of hydrogen-bond acceptors (Lipinski definition) is 5. The molecule has 0 bridgehead atoms. The maximum absolute atomic E-state index is 12.0. The van der Waals surface area contributed by atoms with E-state index in [9.17, 15) is 18.3 Å². The highest BCUT2D eigenvalue weighted by atomic mass is 32.2. The number of sulfonamides is 1. The van der Waals surface area contributed by atoms with E-state index in [4.69, 9.17) is 0 Å². The van der Waals surface area contributed by atoms with E-state index < -0.39 is 22.5 Å². The van der Waals surface area contributed by atoms with E-state index in [-0.39, 0.29) is 16.5 Å². The smallest absolute Gasteiger partial charge is 0.241 e. The Bertz CT molecular complexity index is 773. The SMILES string of the molecule is Cc1ccc(S(=O)(=O)NCC(=O)Nc2ncccc2O)cc1. The van der Waals surface area contributed by atoms with Gasteiger partial charge in [-0.3, -0.25) is 4.79 Å². The maximum atomic E-state index is 12.0. The van der Waals surface area contributed by atoms with Crippen molar-refractivity contribution in [1.82, 2.24) is 9.71 Å². The van der Waals surface area contributed by atoms with Crippen LogP contribution >= 0.6 is 0 Å². The van der Waals surface area contributed by atoms with Crippen molar-refractivity contribution in [3.05, 3.63) is 48.2 Å². The molecule has 2 rings (SSSR count). The zero-order chi connectivity index (χ0) is 16.2. The van der Waals surface area contributed by atoms with Crippen LogP contribution in [0.3, 0.4) is 0 Å². The summed E-state index contributed by atoms with van der Waals surface area (Å²) in [7, 11) is -3.77. The number of nitrogens with one attached hydrogen (secondary N) is 2. The highest BCUT2D eigenvalue weighted by Crippen LogP contribution is 2.17. The second kappa shape index (κ2) is 6.54. The molecule has 0 unspecified atom stereocenters. The van der Waals surface area contributed by atoms with Gasteiger partial charge >= 0.3 is 0 Å². The number of nitrogens with zero attached hydrogens (tertiary/aromatic N) is 1. The van der Waals surface area contributed by atoms with E-state index in [0.29, 0.717) is 0 Å². The summed E-state index contributed by atoms with van der Waals surface area (Å²) >= 11 is 0. The zero-order valence-corrected chi connectivity index (χ0v) is 12.6. The molecule has 0 spiro atoms. The highest BCUT2D eigenvalue weighted by Gasteiger charge is 2.16. The fraction of sp³-hybridized carbons (Fsp3) is 0.143. The fourth-order valence-electron chi connectivity index (χ4n) is 1.63. The molecule has 116 valence electrons. The van der Waals surface area contributed by atoms with E-state index in [1.54, 1.807) is 12.1 Å². The molecule has 0 saturated heterocycles. The number of aryl methyl sites for hydroxylation is 1. The fourth-order valence-corrected chi connectivity index (χ4v) is 2.61. The van der Waals surface area contributed by atoms with Crippen LogP contribution in [-0.4, -0.2) is 31.0 Å². The van der Waals surface area contributed by atoms with Crippen LogP contribution in [0.4, 0.5) is 5.82 Å². The Labute approximate surface area is 128 Å². The van der Waals surface area contributed by atoms with Crippen LogP contribution in [0.5, 0.6) is 5.75 Å². The number of carbonyl (C=O) groups is 1. The van der Waals surface area contributed by atoms with Gasteiger partial charge < -0.3 is 10.4 Å². The van der Waals surface area contributed by atoms with Gasteiger partial charge in [0.1, 0.15) is 0 Å². The van der Waals surface area contributed by atoms with Crippen molar-refractivity contribution in [1.29, 1.82) is 0 Å². The number of rotatable bonds is 5. The normalized spacial score (nSPS) is 11.1. The van der Waals surface area contributed by atoms with Gasteiger partial charge in [0, 0.05) is 6.20 Å². The Morgan fingerprint density at radius 3 is 2.55 bits per heavy atom. The standard InChI is InChI=1S/C14H15N3O4S/c1-10-4-6-11(7-5-10)22(20,21)16-9-13(19)17-14-12(18)3-2-8-15-14/h2-8,16,18H,9H2,1H3,(H,15,17,19). The van der Waals surface area contributed by atoms with Gasteiger partial charge in [0.25, 0.3) is 0 Å². The zero-order valence-electron chi connectivity index (χ0n) is 11.8. The number of anilines is 1. The predicted molar refractivity (Wildman–Crippen MR) is 80.9 cm³/mol. The average Bonchev–Trinajstić information content (AvgIpc) is 2.48. The Kier molecular flexibility index (Phi) is 4.74. The Hall–Kier alpha value is -2.45. The second-order valence-electron chi connectivity index (χ2n) is 4.56. The van der Waals surface area contributed by atoms with E-state index in [2.05, 4.69) is 15.0 Å². The first kappa shape index (κ1) is 15.9. The van der Waals surface area contributed by atoms with Gasteiger partial charge in [-0.25, -0.2) is 18.1 Å². The largest absolute Gasteiger partial charge is 0.504 e. The third-order valence-electron chi connectivity index (χ3n) is 2.80. The molecular weight excluding hydrogens is 306 g/mol. The first-order valence-corrected chi connectivity index (χ1v) is 7.87. The molecule has 0 radical (unpaired) electrons. The quantitative estimate of drug-likeness (QED) is 0.761. The summed E-state index contributed by atoms with van der Waals surface area (Å²) in [6, 6.07) is 9.12. The molecule has 1 amide bonds. The van der Waals surface area contributed by atoms with Gasteiger partial charge in [0.05, 0.1) is 11.4 Å². The number of benzene rings is 1. The number of aromatic nitrogens is 1. The first-order valence-electron chi connectivity index (χ1n) is 6.38. The Balaban J connectivity index is 1.98. The second-order valence-corrected chi connectivity index (χ2v) is 6.32. The molecule has 1 heterocycles. The topological polar surface area (TPSA) is 108 Å². The summed E-state index contributed by atoms with van der Waals surface area (Å²) < 4.78 is 26.2. The van der Waals surface area contributed by atoms with E-state index in [1.807, 2.05) is 6.92 Å². The molecule has 0 fully saturated rings. The molecule has 3 N–H and O–H groups in total. The predicted octanol–water partition coefficient (Wildman–Crippen LogP) is 1.01. The highest BCUT2D eigenvalue weighted by molar-refractivity contribution is 7.89. The van der Waals surface area contributed by atoms with Crippen LogP contribution < -0.4 is 10.0 Å². The van der Waals surface area contributed by atoms with E-state index in [0.717, 1.165) is 5.56 Å². The lowest BCUT2D eigenvalue weighted by atomic mass is 10.2. The van der Waals surface area contributed by atoms with E-state index in [1.165, 1.54) is 30.5 Å².